The van der Waals surface area contributed by atoms with Gasteiger partial charge in [0.05, 0.1) is 5.41 Å². The standard InChI is InChI=1S/C16H12O4S/c17-14-11-21(19,20)16(15(14)18,12-7-3-1-4-8-12)13-9-5-2-6-10-13/h1-11,17H. The second-order valence-electron chi connectivity index (χ2n) is 4.79. The number of carbonyl (C=O) groups is 1. The third kappa shape index (κ3) is 1.74. The number of benzene rings is 2. The molecular formula is C16H12O4S. The van der Waals surface area contributed by atoms with Gasteiger partial charge in [0, 0.05) is 0 Å². The van der Waals surface area contributed by atoms with Gasteiger partial charge in [-0.3, -0.25) is 4.79 Å². The maximum atomic E-state index is 12.6. The number of allylic oxidation sites excluding steroid dienone is 1. The molecule has 1 N–H and O–H groups in total. The van der Waals surface area contributed by atoms with E-state index in [2.05, 4.69) is 0 Å². The number of carbonyl (C=O) groups excluding carboxylic acids is 1. The van der Waals surface area contributed by atoms with Crippen molar-refractivity contribution < 1.29 is 18.3 Å². The predicted octanol–water partition coefficient (Wildman–Crippen LogP) is 2.33. The van der Waals surface area contributed by atoms with Crippen molar-refractivity contribution in [1.82, 2.24) is 0 Å². The highest BCUT2D eigenvalue weighted by Gasteiger charge is 2.58. The van der Waals surface area contributed by atoms with Crippen LogP contribution in [0.4, 0.5) is 0 Å². The van der Waals surface area contributed by atoms with Gasteiger partial charge in [0.2, 0.25) is 5.78 Å². The molecule has 0 saturated carbocycles. The molecule has 4 nitrogen and oxygen atoms in total. The Morgan fingerprint density at radius 1 is 0.810 bits per heavy atom. The lowest BCUT2D eigenvalue weighted by atomic mass is 9.86. The van der Waals surface area contributed by atoms with E-state index in [4.69, 9.17) is 0 Å². The number of hydrogen-bond acceptors (Lipinski definition) is 4. The van der Waals surface area contributed by atoms with Crippen LogP contribution < -0.4 is 0 Å². The fraction of sp³-hybridized carbons (Fsp3) is 0.0625. The molecule has 0 aromatic heterocycles. The molecule has 0 atom stereocenters. The minimum Gasteiger partial charge on any atom is -0.504 e. The molecule has 0 amide bonds. The van der Waals surface area contributed by atoms with Gasteiger partial charge < -0.3 is 5.11 Å². The molecule has 2 aromatic carbocycles. The third-order valence-corrected chi connectivity index (χ3v) is 5.65. The topological polar surface area (TPSA) is 71.4 Å². The molecule has 2 aromatic rings. The fourth-order valence-corrected chi connectivity index (χ4v) is 4.57. The van der Waals surface area contributed by atoms with Crippen molar-refractivity contribution in [3.8, 4) is 0 Å². The average Bonchev–Trinajstić information content (AvgIpc) is 2.67. The lowest BCUT2D eigenvalue weighted by molar-refractivity contribution is -0.119. The third-order valence-electron chi connectivity index (χ3n) is 3.61. The van der Waals surface area contributed by atoms with Crippen LogP contribution in [0.1, 0.15) is 11.1 Å². The van der Waals surface area contributed by atoms with Crippen molar-refractivity contribution in [2.24, 2.45) is 0 Å². The van der Waals surface area contributed by atoms with Crippen LogP contribution in [0.2, 0.25) is 0 Å². The minimum atomic E-state index is -4.01. The molecule has 1 heterocycles. The molecule has 5 heteroatoms. The van der Waals surface area contributed by atoms with Crippen molar-refractivity contribution in [3.05, 3.63) is 83.0 Å². The molecule has 1 aliphatic rings. The normalized spacial score (nSPS) is 19.2. The smallest absolute Gasteiger partial charge is 0.228 e. The van der Waals surface area contributed by atoms with Crippen LogP contribution in [0, 0.1) is 0 Å². The van der Waals surface area contributed by atoms with Crippen molar-refractivity contribution in [3.63, 3.8) is 0 Å². The first-order valence-corrected chi connectivity index (χ1v) is 7.86. The Morgan fingerprint density at radius 3 is 1.57 bits per heavy atom. The van der Waals surface area contributed by atoms with Crippen LogP contribution in [-0.4, -0.2) is 19.3 Å². The van der Waals surface area contributed by atoms with E-state index in [-0.39, 0.29) is 0 Å². The van der Waals surface area contributed by atoms with E-state index in [0.29, 0.717) is 16.5 Å². The van der Waals surface area contributed by atoms with Gasteiger partial charge in [0.25, 0.3) is 0 Å². The SMILES string of the molecule is O=C1C(O)=CS(=O)(=O)C1(c1ccccc1)c1ccccc1. The molecule has 0 saturated heterocycles. The van der Waals surface area contributed by atoms with Crippen molar-refractivity contribution in [2.75, 3.05) is 0 Å². The first-order valence-electron chi connectivity index (χ1n) is 6.31. The summed E-state index contributed by atoms with van der Waals surface area (Å²) in [6, 6.07) is 16.4. The second-order valence-corrected chi connectivity index (χ2v) is 6.73. The van der Waals surface area contributed by atoms with E-state index in [1.807, 2.05) is 0 Å². The zero-order valence-electron chi connectivity index (χ0n) is 10.9. The Kier molecular flexibility index (Phi) is 2.95. The van der Waals surface area contributed by atoms with E-state index in [9.17, 15) is 18.3 Å². The van der Waals surface area contributed by atoms with E-state index in [1.165, 1.54) is 0 Å². The lowest BCUT2D eigenvalue weighted by Crippen LogP contribution is -2.40. The van der Waals surface area contributed by atoms with Gasteiger partial charge in [-0.1, -0.05) is 60.7 Å². The Bertz CT molecular complexity index is 782. The highest BCUT2D eigenvalue weighted by atomic mass is 32.2. The summed E-state index contributed by atoms with van der Waals surface area (Å²) < 4.78 is 23.4. The number of rotatable bonds is 2. The first kappa shape index (κ1) is 13.6. The molecule has 1 aliphatic heterocycles. The quantitative estimate of drug-likeness (QED) is 0.924. The van der Waals surface area contributed by atoms with E-state index in [0.717, 1.165) is 0 Å². The molecule has 0 bridgehead atoms. The van der Waals surface area contributed by atoms with Crippen LogP contribution in [0.5, 0.6) is 0 Å². The van der Waals surface area contributed by atoms with Crippen LogP contribution in [0.25, 0.3) is 0 Å². The minimum absolute atomic E-state index is 0.321. The summed E-state index contributed by atoms with van der Waals surface area (Å²) in [5.41, 5.74) is 0.642. The molecule has 0 aliphatic carbocycles. The Morgan fingerprint density at radius 2 is 1.24 bits per heavy atom. The summed E-state index contributed by atoms with van der Waals surface area (Å²) in [5, 5.41) is 10.4. The number of sulfone groups is 1. The Hall–Kier alpha value is -2.40. The largest absolute Gasteiger partial charge is 0.504 e. The van der Waals surface area contributed by atoms with Crippen LogP contribution >= 0.6 is 0 Å². The zero-order valence-corrected chi connectivity index (χ0v) is 11.7. The van der Waals surface area contributed by atoms with Crippen LogP contribution in [-0.2, 0) is 19.4 Å². The highest BCUT2D eigenvalue weighted by Crippen LogP contribution is 2.45. The van der Waals surface area contributed by atoms with Gasteiger partial charge in [0.1, 0.15) is 0 Å². The van der Waals surface area contributed by atoms with E-state index >= 15 is 0 Å². The molecule has 21 heavy (non-hydrogen) atoms. The van der Waals surface area contributed by atoms with E-state index < -0.39 is 26.1 Å². The average molecular weight is 300 g/mol. The summed E-state index contributed by atoms with van der Waals surface area (Å²) in [5.74, 6) is -1.55. The van der Waals surface area contributed by atoms with Gasteiger partial charge in [-0.2, -0.15) is 0 Å². The van der Waals surface area contributed by atoms with Gasteiger partial charge in [0.15, 0.2) is 20.3 Å². The molecule has 0 fully saturated rings. The maximum Gasteiger partial charge on any atom is 0.228 e. The number of aliphatic hydroxyl groups is 1. The van der Waals surface area contributed by atoms with Crippen LogP contribution in [0.15, 0.2) is 71.8 Å². The maximum absolute atomic E-state index is 12.6. The highest BCUT2D eigenvalue weighted by molar-refractivity contribution is 7.96. The monoisotopic (exact) mass is 300 g/mol. The second kappa shape index (κ2) is 4.56. The summed E-state index contributed by atoms with van der Waals surface area (Å²) in [6.07, 6.45) is 0. The lowest BCUT2D eigenvalue weighted by Gasteiger charge is -2.27. The van der Waals surface area contributed by atoms with Gasteiger partial charge in [-0.25, -0.2) is 8.42 Å². The molecule has 106 valence electrons. The van der Waals surface area contributed by atoms with Crippen molar-refractivity contribution in [2.45, 2.75) is 4.75 Å². The first-order chi connectivity index (χ1) is 10.00. The van der Waals surface area contributed by atoms with Gasteiger partial charge in [-0.15, -0.1) is 0 Å². The Labute approximate surface area is 122 Å². The molecule has 0 unspecified atom stereocenters. The molecule has 0 radical (unpaired) electrons. The molecule has 0 spiro atoms. The van der Waals surface area contributed by atoms with Crippen molar-refractivity contribution >= 4 is 15.6 Å². The summed E-state index contributed by atoms with van der Waals surface area (Å²) in [6.45, 7) is 0. The van der Waals surface area contributed by atoms with Gasteiger partial charge >= 0.3 is 0 Å². The summed E-state index contributed by atoms with van der Waals surface area (Å²) in [4.78, 5) is 12.5. The number of Topliss-reactive ketones (excluding diaryl/α,β-unsaturated/α-hetero) is 1. The van der Waals surface area contributed by atoms with Crippen molar-refractivity contribution in [1.29, 1.82) is 0 Å². The number of ketones is 1. The predicted molar refractivity (Wildman–Crippen MR) is 78.3 cm³/mol. The number of aliphatic hydroxyl groups excluding tert-OH is 1. The van der Waals surface area contributed by atoms with E-state index in [1.54, 1.807) is 60.7 Å². The number of hydrogen-bond donors (Lipinski definition) is 1. The molecule has 3 rings (SSSR count). The summed E-state index contributed by atoms with van der Waals surface area (Å²) in [7, 11) is -4.01. The summed E-state index contributed by atoms with van der Waals surface area (Å²) >= 11 is 0. The zero-order chi connectivity index (χ0) is 15.1. The fourth-order valence-electron chi connectivity index (χ4n) is 2.70. The molecular weight excluding hydrogens is 288 g/mol. The van der Waals surface area contributed by atoms with Crippen LogP contribution in [0.3, 0.4) is 0 Å². The van der Waals surface area contributed by atoms with Gasteiger partial charge in [-0.05, 0) is 11.1 Å². The Balaban J connectivity index is 2.42.